The second kappa shape index (κ2) is 9.00. The molecular weight excluding hydrogens is 505 g/mol. The highest BCUT2D eigenvalue weighted by atomic mass is 32.2. The number of rotatable bonds is 5. The summed E-state index contributed by atoms with van der Waals surface area (Å²) in [6.45, 7) is 1.60. The van der Waals surface area contributed by atoms with Crippen LogP contribution in [0.1, 0.15) is 11.5 Å². The summed E-state index contributed by atoms with van der Waals surface area (Å²) in [4.78, 5) is 4.62. The van der Waals surface area contributed by atoms with Crippen LogP contribution in [0, 0.1) is 6.92 Å². The van der Waals surface area contributed by atoms with Crippen LogP contribution in [0.25, 0.3) is 39.8 Å². The zero-order valence-corrected chi connectivity index (χ0v) is 20.4. The number of aromatic nitrogens is 4. The van der Waals surface area contributed by atoms with Crippen LogP contribution in [0.3, 0.4) is 0 Å². The largest absolute Gasteiger partial charge is 0.420 e. The van der Waals surface area contributed by atoms with Crippen LogP contribution in [-0.4, -0.2) is 34.4 Å². The molecule has 0 bridgehead atoms. The molecule has 5 aromatic rings. The summed E-state index contributed by atoms with van der Waals surface area (Å²) in [6, 6.07) is 18.7. The minimum absolute atomic E-state index is 0.0469. The van der Waals surface area contributed by atoms with Gasteiger partial charge in [0.15, 0.2) is 9.84 Å². The fourth-order valence-corrected chi connectivity index (χ4v) is 4.58. The van der Waals surface area contributed by atoms with E-state index in [2.05, 4.69) is 15.2 Å². The molecule has 2 heterocycles. The first kappa shape index (κ1) is 24.4. The van der Waals surface area contributed by atoms with E-state index < -0.39 is 21.6 Å². The number of hydrogen-bond acceptors (Lipinski definition) is 6. The average Bonchev–Trinajstić information content (AvgIpc) is 3.50. The summed E-state index contributed by atoms with van der Waals surface area (Å²) in [6.07, 6.45) is -1.92. The van der Waals surface area contributed by atoms with Crippen molar-refractivity contribution in [1.29, 1.82) is 0 Å². The fraction of sp³-hybridized carbons (Fsp3) is 0.115. The van der Waals surface area contributed by atoms with Crippen LogP contribution in [0.4, 0.5) is 13.2 Å². The number of aryl methyl sites for hydroxylation is 1. The van der Waals surface area contributed by atoms with Gasteiger partial charge in [-0.2, -0.15) is 13.2 Å². The van der Waals surface area contributed by atoms with Crippen molar-refractivity contribution in [3.05, 3.63) is 90.4 Å². The third-order valence-corrected chi connectivity index (χ3v) is 6.78. The quantitative estimate of drug-likeness (QED) is 0.281. The van der Waals surface area contributed by atoms with Gasteiger partial charge < -0.3 is 4.42 Å². The Balaban J connectivity index is 1.63. The summed E-state index contributed by atoms with van der Waals surface area (Å²) in [7, 11) is -3.38. The SMILES string of the molecule is Cc1nnc(-c2cn(-c3ccc(-c4cccc(S(C)(=O)=O)c4)cc3)c(-c3ccccc3C(F)(F)F)n2)o1. The molecule has 7 nitrogen and oxygen atoms in total. The van der Waals surface area contributed by atoms with E-state index in [4.69, 9.17) is 4.42 Å². The highest BCUT2D eigenvalue weighted by Crippen LogP contribution is 2.38. The van der Waals surface area contributed by atoms with Crippen molar-refractivity contribution in [1.82, 2.24) is 19.7 Å². The molecule has 0 radical (unpaired) electrons. The van der Waals surface area contributed by atoms with Gasteiger partial charge >= 0.3 is 6.18 Å². The Labute approximate surface area is 210 Å². The molecule has 11 heteroatoms. The molecule has 0 fully saturated rings. The molecule has 0 unspecified atom stereocenters. The summed E-state index contributed by atoms with van der Waals surface area (Å²) >= 11 is 0. The first-order chi connectivity index (χ1) is 17.5. The number of nitrogens with zero attached hydrogens (tertiary/aromatic N) is 4. The highest BCUT2D eigenvalue weighted by Gasteiger charge is 2.35. The maximum atomic E-state index is 13.8. The number of alkyl halides is 3. The third kappa shape index (κ3) is 4.90. The predicted octanol–water partition coefficient (Wildman–Crippen LogP) is 5.99. The molecular formula is C26H19F3N4O3S. The zero-order chi connectivity index (χ0) is 26.4. The van der Waals surface area contributed by atoms with E-state index in [0.717, 1.165) is 17.9 Å². The van der Waals surface area contributed by atoms with Gasteiger partial charge in [-0.15, -0.1) is 10.2 Å². The molecule has 0 aliphatic carbocycles. The summed E-state index contributed by atoms with van der Waals surface area (Å²) in [5.74, 6) is 0.421. The second-order valence-electron chi connectivity index (χ2n) is 8.34. The van der Waals surface area contributed by atoms with Crippen LogP contribution >= 0.6 is 0 Å². The van der Waals surface area contributed by atoms with Gasteiger partial charge in [0, 0.05) is 30.6 Å². The molecule has 188 valence electrons. The van der Waals surface area contributed by atoms with E-state index in [9.17, 15) is 21.6 Å². The maximum absolute atomic E-state index is 13.8. The monoisotopic (exact) mass is 524 g/mol. The summed E-state index contributed by atoms with van der Waals surface area (Å²) < 4.78 is 72.4. The van der Waals surface area contributed by atoms with Crippen LogP contribution < -0.4 is 0 Å². The van der Waals surface area contributed by atoms with Crippen LogP contribution in [0.15, 0.2) is 88.3 Å². The van der Waals surface area contributed by atoms with Gasteiger partial charge in [0.05, 0.1) is 10.5 Å². The Morgan fingerprint density at radius 1 is 0.892 bits per heavy atom. The molecule has 37 heavy (non-hydrogen) atoms. The molecule has 0 spiro atoms. The highest BCUT2D eigenvalue weighted by molar-refractivity contribution is 7.90. The molecule has 0 atom stereocenters. The van der Waals surface area contributed by atoms with Crippen molar-refractivity contribution in [2.45, 2.75) is 18.0 Å². The number of halogens is 3. The van der Waals surface area contributed by atoms with Gasteiger partial charge in [-0.3, -0.25) is 4.57 Å². The van der Waals surface area contributed by atoms with Gasteiger partial charge in [0.25, 0.3) is 5.89 Å². The Bertz CT molecular complexity index is 1710. The van der Waals surface area contributed by atoms with Gasteiger partial charge in [-0.1, -0.05) is 42.5 Å². The normalized spacial score (nSPS) is 12.1. The average molecular weight is 525 g/mol. The number of sulfone groups is 1. The summed E-state index contributed by atoms with van der Waals surface area (Å²) in [5, 5.41) is 7.73. The molecule has 0 aliphatic heterocycles. The smallest absolute Gasteiger partial charge is 0.417 e. The first-order valence-electron chi connectivity index (χ1n) is 11.0. The minimum Gasteiger partial charge on any atom is -0.420 e. The Morgan fingerprint density at radius 3 is 2.27 bits per heavy atom. The lowest BCUT2D eigenvalue weighted by Gasteiger charge is -2.14. The Kier molecular flexibility index (Phi) is 5.95. The van der Waals surface area contributed by atoms with Crippen LogP contribution in [0.5, 0.6) is 0 Å². The predicted molar refractivity (Wildman–Crippen MR) is 131 cm³/mol. The van der Waals surface area contributed by atoms with E-state index in [1.807, 2.05) is 0 Å². The molecule has 2 aromatic heterocycles. The lowest BCUT2D eigenvalue weighted by atomic mass is 10.0. The molecule has 0 aliphatic rings. The zero-order valence-electron chi connectivity index (χ0n) is 19.6. The third-order valence-electron chi connectivity index (χ3n) is 5.67. The number of benzene rings is 3. The fourth-order valence-electron chi connectivity index (χ4n) is 3.92. The molecule has 0 amide bonds. The van der Waals surface area contributed by atoms with E-state index >= 15 is 0 Å². The lowest BCUT2D eigenvalue weighted by molar-refractivity contribution is -0.137. The van der Waals surface area contributed by atoms with E-state index in [0.29, 0.717) is 17.1 Å². The van der Waals surface area contributed by atoms with Crippen molar-refractivity contribution in [2.24, 2.45) is 0 Å². The standard InChI is InChI=1S/C26H19F3N4O3S/c1-16-31-32-25(36-16)23-15-33(24(30-23)21-8-3-4-9-22(21)26(27,28)29)19-12-10-17(11-13-19)18-6-5-7-20(14-18)37(2,34)35/h3-15H,1-2H3. The van der Waals surface area contributed by atoms with Gasteiger partial charge in [0.1, 0.15) is 11.5 Å². The molecule has 0 saturated carbocycles. The van der Waals surface area contributed by atoms with E-state index in [-0.39, 0.29) is 27.9 Å². The van der Waals surface area contributed by atoms with Gasteiger partial charge in [-0.25, -0.2) is 13.4 Å². The molecule has 0 saturated heterocycles. The Hall–Kier alpha value is -4.25. The number of hydrogen-bond donors (Lipinski definition) is 0. The van der Waals surface area contributed by atoms with Gasteiger partial charge in [0.2, 0.25) is 5.89 Å². The van der Waals surface area contributed by atoms with E-state index in [1.165, 1.54) is 35.0 Å². The van der Waals surface area contributed by atoms with E-state index in [1.54, 1.807) is 49.4 Å². The Morgan fingerprint density at radius 2 is 1.62 bits per heavy atom. The maximum Gasteiger partial charge on any atom is 0.417 e. The second-order valence-corrected chi connectivity index (χ2v) is 10.4. The molecule has 5 rings (SSSR count). The minimum atomic E-state index is -4.59. The van der Waals surface area contributed by atoms with Crippen molar-refractivity contribution >= 4 is 9.84 Å². The first-order valence-corrected chi connectivity index (χ1v) is 12.9. The van der Waals surface area contributed by atoms with Crippen LogP contribution in [0.2, 0.25) is 0 Å². The topological polar surface area (TPSA) is 90.9 Å². The van der Waals surface area contributed by atoms with Crippen molar-refractivity contribution < 1.29 is 26.0 Å². The number of imidazole rings is 1. The molecule has 3 aromatic carbocycles. The summed E-state index contributed by atoms with van der Waals surface area (Å²) in [5.41, 5.74) is 1.23. The van der Waals surface area contributed by atoms with Gasteiger partial charge in [-0.05, 0) is 41.5 Å². The van der Waals surface area contributed by atoms with Crippen molar-refractivity contribution in [2.75, 3.05) is 6.26 Å². The van der Waals surface area contributed by atoms with Crippen LogP contribution in [-0.2, 0) is 16.0 Å². The van der Waals surface area contributed by atoms with Crippen molar-refractivity contribution in [3.8, 4) is 39.8 Å². The van der Waals surface area contributed by atoms with Crippen molar-refractivity contribution in [3.63, 3.8) is 0 Å². The lowest BCUT2D eigenvalue weighted by Crippen LogP contribution is -2.08. The molecule has 0 N–H and O–H groups in total.